The molecule has 1 aromatic carbocycles. The number of hydrogen-bond acceptors (Lipinski definition) is 3. The van der Waals surface area contributed by atoms with Gasteiger partial charge in [-0.3, -0.25) is 0 Å². The van der Waals surface area contributed by atoms with Crippen LogP contribution < -0.4 is 4.72 Å². The molecule has 0 saturated heterocycles. The summed E-state index contributed by atoms with van der Waals surface area (Å²) in [4.78, 5) is 0.251. The van der Waals surface area contributed by atoms with Crippen molar-refractivity contribution in [3.05, 3.63) is 42.0 Å². The van der Waals surface area contributed by atoms with Crippen LogP contribution in [0.1, 0.15) is 19.4 Å². The van der Waals surface area contributed by atoms with Gasteiger partial charge >= 0.3 is 0 Å². The number of sulfonamides is 1. The van der Waals surface area contributed by atoms with Crippen molar-refractivity contribution in [3.8, 4) is 0 Å². The molecule has 1 N–H and O–H groups in total. The van der Waals surface area contributed by atoms with Gasteiger partial charge in [-0.15, -0.1) is 0 Å². The fraction of sp³-hybridized carbons (Fsp3) is 0.467. The molecule has 112 valence electrons. The third-order valence-electron chi connectivity index (χ3n) is 3.15. The molecular weight excluding hydrogens is 274 g/mol. The van der Waals surface area contributed by atoms with Gasteiger partial charge in [-0.05, 0) is 25.0 Å². The van der Waals surface area contributed by atoms with Crippen LogP contribution in [-0.4, -0.2) is 28.2 Å². The number of hydrogen-bond donors (Lipinski definition) is 1. The van der Waals surface area contributed by atoms with Crippen LogP contribution in [0, 0.1) is 12.8 Å². The lowest BCUT2D eigenvalue weighted by molar-refractivity contribution is 0.182. The Kier molecular flexibility index (Phi) is 5.92. The Hall–Kier alpha value is -1.17. The first kappa shape index (κ1) is 16.9. The van der Waals surface area contributed by atoms with Gasteiger partial charge in [-0.2, -0.15) is 0 Å². The maximum absolute atomic E-state index is 12.3. The highest BCUT2D eigenvalue weighted by atomic mass is 32.2. The zero-order valence-electron chi connectivity index (χ0n) is 12.5. The van der Waals surface area contributed by atoms with Crippen molar-refractivity contribution >= 4 is 10.0 Å². The van der Waals surface area contributed by atoms with Crippen molar-refractivity contribution in [1.82, 2.24) is 4.72 Å². The Bertz CT molecular complexity index is 547. The van der Waals surface area contributed by atoms with Crippen LogP contribution in [0.2, 0.25) is 0 Å². The lowest BCUT2D eigenvalue weighted by atomic mass is 9.99. The molecule has 0 aliphatic carbocycles. The van der Waals surface area contributed by atoms with Gasteiger partial charge < -0.3 is 4.74 Å². The second kappa shape index (κ2) is 7.02. The third-order valence-corrected chi connectivity index (χ3v) is 4.64. The Morgan fingerprint density at radius 1 is 1.30 bits per heavy atom. The summed E-state index contributed by atoms with van der Waals surface area (Å²) < 4.78 is 32.4. The number of aryl methyl sites for hydroxylation is 1. The summed E-state index contributed by atoms with van der Waals surface area (Å²) >= 11 is 0. The molecule has 1 unspecified atom stereocenters. The van der Waals surface area contributed by atoms with Crippen molar-refractivity contribution in [2.75, 3.05) is 13.7 Å². The molecule has 0 heterocycles. The van der Waals surface area contributed by atoms with Gasteiger partial charge in [-0.25, -0.2) is 13.1 Å². The molecule has 1 aromatic rings. The fourth-order valence-electron chi connectivity index (χ4n) is 1.76. The SMILES string of the molecule is C=C(C(C)C)C(COC)NS(=O)(=O)c1ccc(C)cc1. The van der Waals surface area contributed by atoms with Crippen molar-refractivity contribution in [2.45, 2.75) is 31.7 Å². The summed E-state index contributed by atoms with van der Waals surface area (Å²) in [5.74, 6) is 0.177. The molecule has 0 fully saturated rings. The van der Waals surface area contributed by atoms with E-state index in [0.717, 1.165) is 11.1 Å². The number of ether oxygens (including phenoxy) is 1. The van der Waals surface area contributed by atoms with Crippen LogP contribution in [0.15, 0.2) is 41.3 Å². The van der Waals surface area contributed by atoms with Crippen molar-refractivity contribution in [1.29, 1.82) is 0 Å². The molecule has 0 saturated carbocycles. The monoisotopic (exact) mass is 297 g/mol. The van der Waals surface area contributed by atoms with Crippen LogP contribution >= 0.6 is 0 Å². The minimum atomic E-state index is -3.57. The molecule has 0 aromatic heterocycles. The van der Waals surface area contributed by atoms with E-state index in [0.29, 0.717) is 0 Å². The van der Waals surface area contributed by atoms with Crippen molar-refractivity contribution in [2.24, 2.45) is 5.92 Å². The lowest BCUT2D eigenvalue weighted by Crippen LogP contribution is -2.40. The Balaban J connectivity index is 2.97. The molecule has 1 atom stereocenters. The molecule has 5 heteroatoms. The average Bonchev–Trinajstić information content (AvgIpc) is 2.37. The standard InChI is InChI=1S/C15H23NO3S/c1-11(2)13(4)15(10-19-5)16-20(17,18)14-8-6-12(3)7-9-14/h6-9,11,15-16H,4,10H2,1-3,5H3. The summed E-state index contributed by atoms with van der Waals surface area (Å²) in [6.07, 6.45) is 0. The predicted octanol–water partition coefficient (Wildman–Crippen LogP) is 2.50. The van der Waals surface area contributed by atoms with Gasteiger partial charge in [0.2, 0.25) is 10.0 Å². The smallest absolute Gasteiger partial charge is 0.241 e. The molecule has 0 spiro atoms. The maximum Gasteiger partial charge on any atom is 0.241 e. The van der Waals surface area contributed by atoms with Crippen LogP contribution in [0.5, 0.6) is 0 Å². The van der Waals surface area contributed by atoms with Gasteiger partial charge in [0.05, 0.1) is 17.5 Å². The topological polar surface area (TPSA) is 55.4 Å². The number of nitrogens with one attached hydrogen (secondary N) is 1. The van der Waals surface area contributed by atoms with Gasteiger partial charge in [0.15, 0.2) is 0 Å². The number of methoxy groups -OCH3 is 1. The minimum absolute atomic E-state index is 0.177. The first-order chi connectivity index (χ1) is 9.27. The van der Waals surface area contributed by atoms with Gasteiger partial charge in [0.25, 0.3) is 0 Å². The van der Waals surface area contributed by atoms with E-state index in [1.165, 1.54) is 0 Å². The predicted molar refractivity (Wildman–Crippen MR) is 81.1 cm³/mol. The highest BCUT2D eigenvalue weighted by molar-refractivity contribution is 7.89. The average molecular weight is 297 g/mol. The van der Waals surface area contributed by atoms with E-state index in [9.17, 15) is 8.42 Å². The Morgan fingerprint density at radius 2 is 1.85 bits per heavy atom. The first-order valence-corrected chi connectivity index (χ1v) is 8.03. The quantitative estimate of drug-likeness (QED) is 0.787. The zero-order valence-corrected chi connectivity index (χ0v) is 13.3. The summed E-state index contributed by atoms with van der Waals surface area (Å²) in [5, 5.41) is 0. The molecule has 0 amide bonds. The summed E-state index contributed by atoms with van der Waals surface area (Å²) in [7, 11) is -2.03. The van der Waals surface area contributed by atoms with Crippen molar-refractivity contribution in [3.63, 3.8) is 0 Å². The second-order valence-electron chi connectivity index (χ2n) is 5.17. The zero-order chi connectivity index (χ0) is 15.3. The maximum atomic E-state index is 12.3. The minimum Gasteiger partial charge on any atom is -0.383 e. The third kappa shape index (κ3) is 4.44. The van der Waals surface area contributed by atoms with Crippen LogP contribution in [-0.2, 0) is 14.8 Å². The van der Waals surface area contributed by atoms with Gasteiger partial charge in [-0.1, -0.05) is 43.7 Å². The van der Waals surface area contributed by atoms with E-state index in [-0.39, 0.29) is 17.4 Å². The van der Waals surface area contributed by atoms with E-state index in [2.05, 4.69) is 11.3 Å². The molecule has 0 radical (unpaired) electrons. The van der Waals surface area contributed by atoms with Crippen LogP contribution in [0.4, 0.5) is 0 Å². The van der Waals surface area contributed by atoms with Crippen molar-refractivity contribution < 1.29 is 13.2 Å². The van der Waals surface area contributed by atoms with E-state index in [1.807, 2.05) is 20.8 Å². The molecule has 1 rings (SSSR count). The lowest BCUT2D eigenvalue weighted by Gasteiger charge is -2.22. The molecule has 0 aliphatic heterocycles. The highest BCUT2D eigenvalue weighted by Crippen LogP contribution is 2.16. The van der Waals surface area contributed by atoms with Gasteiger partial charge in [0, 0.05) is 7.11 Å². The van der Waals surface area contributed by atoms with Gasteiger partial charge in [0.1, 0.15) is 0 Å². The van der Waals surface area contributed by atoms with E-state index < -0.39 is 16.1 Å². The first-order valence-electron chi connectivity index (χ1n) is 6.54. The summed E-state index contributed by atoms with van der Waals surface area (Å²) in [6.45, 7) is 10.1. The van der Waals surface area contributed by atoms with E-state index in [1.54, 1.807) is 31.4 Å². The molecule has 20 heavy (non-hydrogen) atoms. The Morgan fingerprint density at radius 3 is 2.30 bits per heavy atom. The van der Waals surface area contributed by atoms with Crippen LogP contribution in [0.3, 0.4) is 0 Å². The second-order valence-corrected chi connectivity index (χ2v) is 6.89. The molecule has 0 bridgehead atoms. The molecule has 4 nitrogen and oxygen atoms in total. The molecule has 0 aliphatic rings. The Labute approximate surface area is 121 Å². The van der Waals surface area contributed by atoms with E-state index in [4.69, 9.17) is 4.74 Å². The number of benzene rings is 1. The summed E-state index contributed by atoms with van der Waals surface area (Å²) in [6, 6.07) is 6.32. The molecular formula is C15H23NO3S. The largest absolute Gasteiger partial charge is 0.383 e. The highest BCUT2D eigenvalue weighted by Gasteiger charge is 2.23. The summed E-state index contributed by atoms with van der Waals surface area (Å²) in [5.41, 5.74) is 1.83. The van der Waals surface area contributed by atoms with Crippen LogP contribution in [0.25, 0.3) is 0 Å². The van der Waals surface area contributed by atoms with E-state index >= 15 is 0 Å². The number of rotatable bonds is 7. The fourth-order valence-corrected chi connectivity index (χ4v) is 2.98. The normalized spacial score (nSPS) is 13.4.